The molecule has 0 N–H and O–H groups in total. The maximum Gasteiger partial charge on any atom is 0.376 e. The lowest BCUT2D eigenvalue weighted by Crippen LogP contribution is -2.25. The first-order chi connectivity index (χ1) is 8.63. The molecule has 2 heterocycles. The highest BCUT2D eigenvalue weighted by Gasteiger charge is 2.27. The van der Waals surface area contributed by atoms with Crippen molar-refractivity contribution in [2.75, 3.05) is 18.1 Å². The highest BCUT2D eigenvalue weighted by molar-refractivity contribution is 7.85. The third-order valence-electron chi connectivity index (χ3n) is 3.05. The molecule has 18 heavy (non-hydrogen) atoms. The van der Waals surface area contributed by atoms with Gasteiger partial charge in [0.2, 0.25) is 5.82 Å². The molecule has 2 rings (SSSR count). The van der Waals surface area contributed by atoms with Gasteiger partial charge in [-0.1, -0.05) is 0 Å². The van der Waals surface area contributed by atoms with Gasteiger partial charge < -0.3 is 9.30 Å². The van der Waals surface area contributed by atoms with E-state index in [9.17, 15) is 9.00 Å². The van der Waals surface area contributed by atoms with Gasteiger partial charge in [-0.15, -0.1) is 10.2 Å². The van der Waals surface area contributed by atoms with E-state index in [0.717, 1.165) is 12.8 Å². The molecule has 6 nitrogen and oxygen atoms in total. The van der Waals surface area contributed by atoms with Gasteiger partial charge in [0.25, 0.3) is 0 Å². The first-order valence-electron chi connectivity index (χ1n) is 6.07. The Balaban J connectivity index is 2.23. The van der Waals surface area contributed by atoms with E-state index in [1.165, 1.54) is 0 Å². The Morgan fingerprint density at radius 1 is 1.44 bits per heavy atom. The minimum absolute atomic E-state index is 0.150. The standard InChI is InChI=1S/C11H17N3O3S/c1-3-17-11(15)10-13-12-8(2)14(10)9-4-6-18(16)7-5-9/h9H,3-7H2,1-2H3. The van der Waals surface area contributed by atoms with E-state index in [1.807, 2.05) is 11.5 Å². The van der Waals surface area contributed by atoms with E-state index >= 15 is 0 Å². The molecule has 0 atom stereocenters. The Labute approximate surface area is 108 Å². The number of aromatic nitrogens is 3. The third-order valence-corrected chi connectivity index (χ3v) is 4.43. The molecule has 1 fully saturated rings. The van der Waals surface area contributed by atoms with Gasteiger partial charge in [0.05, 0.1) is 6.61 Å². The smallest absolute Gasteiger partial charge is 0.376 e. The van der Waals surface area contributed by atoms with Gasteiger partial charge in [-0.2, -0.15) is 0 Å². The fourth-order valence-corrected chi connectivity index (χ4v) is 3.45. The van der Waals surface area contributed by atoms with Crippen molar-refractivity contribution in [1.82, 2.24) is 14.8 Å². The van der Waals surface area contributed by atoms with Crippen molar-refractivity contribution < 1.29 is 13.7 Å². The zero-order chi connectivity index (χ0) is 13.1. The first-order valence-corrected chi connectivity index (χ1v) is 7.56. The fraction of sp³-hybridized carbons (Fsp3) is 0.727. The van der Waals surface area contributed by atoms with Crippen LogP contribution < -0.4 is 0 Å². The Kier molecular flexibility index (Phi) is 4.11. The monoisotopic (exact) mass is 271 g/mol. The highest BCUT2D eigenvalue weighted by Crippen LogP contribution is 2.24. The summed E-state index contributed by atoms with van der Waals surface area (Å²) in [6.45, 7) is 3.90. The molecule has 1 aliphatic rings. The zero-order valence-corrected chi connectivity index (χ0v) is 11.4. The van der Waals surface area contributed by atoms with Gasteiger partial charge in [0, 0.05) is 28.3 Å². The van der Waals surface area contributed by atoms with E-state index in [1.54, 1.807) is 6.92 Å². The quantitative estimate of drug-likeness (QED) is 0.762. The number of hydrogen-bond acceptors (Lipinski definition) is 5. The number of nitrogens with zero attached hydrogens (tertiary/aromatic N) is 3. The summed E-state index contributed by atoms with van der Waals surface area (Å²) >= 11 is 0. The number of ether oxygens (including phenoxy) is 1. The summed E-state index contributed by atoms with van der Waals surface area (Å²) in [4.78, 5) is 11.8. The van der Waals surface area contributed by atoms with E-state index in [4.69, 9.17) is 4.74 Å². The molecule has 1 aromatic rings. The average Bonchev–Trinajstić information content (AvgIpc) is 2.73. The lowest BCUT2D eigenvalue weighted by atomic mass is 10.1. The number of rotatable bonds is 3. The van der Waals surface area contributed by atoms with Crippen molar-refractivity contribution in [1.29, 1.82) is 0 Å². The Morgan fingerprint density at radius 3 is 2.72 bits per heavy atom. The van der Waals surface area contributed by atoms with Crippen molar-refractivity contribution in [3.8, 4) is 0 Å². The van der Waals surface area contributed by atoms with Crippen LogP contribution >= 0.6 is 0 Å². The van der Waals surface area contributed by atoms with E-state index in [0.29, 0.717) is 23.9 Å². The molecule has 0 aromatic carbocycles. The van der Waals surface area contributed by atoms with Crippen LogP contribution in [0.25, 0.3) is 0 Å². The van der Waals surface area contributed by atoms with Crippen molar-refractivity contribution in [3.05, 3.63) is 11.6 Å². The largest absolute Gasteiger partial charge is 0.460 e. The summed E-state index contributed by atoms with van der Waals surface area (Å²) in [6.07, 6.45) is 1.58. The van der Waals surface area contributed by atoms with Gasteiger partial charge in [0.1, 0.15) is 5.82 Å². The molecule has 0 amide bonds. The van der Waals surface area contributed by atoms with Crippen LogP contribution in [0.5, 0.6) is 0 Å². The summed E-state index contributed by atoms with van der Waals surface area (Å²) in [5, 5.41) is 7.84. The maximum atomic E-state index is 11.8. The first kappa shape index (κ1) is 13.2. The van der Waals surface area contributed by atoms with Crippen LogP contribution in [-0.4, -0.2) is 43.1 Å². The van der Waals surface area contributed by atoms with Gasteiger partial charge >= 0.3 is 5.97 Å². The van der Waals surface area contributed by atoms with Crippen molar-refractivity contribution in [2.45, 2.75) is 32.7 Å². The Bertz CT molecular complexity index is 462. The normalized spacial score (nSPS) is 23.9. The minimum Gasteiger partial charge on any atom is -0.460 e. The van der Waals surface area contributed by atoms with Crippen LogP contribution in [0, 0.1) is 6.92 Å². The van der Waals surface area contributed by atoms with Crippen LogP contribution in [0.2, 0.25) is 0 Å². The summed E-state index contributed by atoms with van der Waals surface area (Å²) < 4.78 is 18.2. The summed E-state index contributed by atoms with van der Waals surface area (Å²) in [6, 6.07) is 0.150. The molecule has 100 valence electrons. The second kappa shape index (κ2) is 5.60. The molecular formula is C11H17N3O3S. The molecular weight excluding hydrogens is 254 g/mol. The molecule has 1 saturated heterocycles. The Morgan fingerprint density at radius 2 is 2.11 bits per heavy atom. The maximum absolute atomic E-state index is 11.8. The van der Waals surface area contributed by atoms with Crippen molar-refractivity contribution in [2.24, 2.45) is 0 Å². The molecule has 0 spiro atoms. The highest BCUT2D eigenvalue weighted by atomic mass is 32.2. The van der Waals surface area contributed by atoms with Crippen molar-refractivity contribution >= 4 is 16.8 Å². The summed E-state index contributed by atoms with van der Waals surface area (Å²) in [5.41, 5.74) is 0. The van der Waals surface area contributed by atoms with Crippen LogP contribution in [0.4, 0.5) is 0 Å². The van der Waals surface area contributed by atoms with Gasteiger partial charge in [0.15, 0.2) is 0 Å². The summed E-state index contributed by atoms with van der Waals surface area (Å²) in [7, 11) is -0.720. The minimum atomic E-state index is -0.720. The van der Waals surface area contributed by atoms with Crippen LogP contribution in [0.1, 0.15) is 42.3 Å². The second-order valence-corrected chi connectivity index (χ2v) is 5.94. The molecule has 0 bridgehead atoms. The average molecular weight is 271 g/mol. The SMILES string of the molecule is CCOC(=O)c1nnc(C)n1C1CCS(=O)CC1. The van der Waals surface area contributed by atoms with E-state index in [-0.39, 0.29) is 11.9 Å². The molecule has 0 saturated carbocycles. The van der Waals surface area contributed by atoms with Crippen molar-refractivity contribution in [3.63, 3.8) is 0 Å². The molecule has 1 aromatic heterocycles. The number of hydrogen-bond donors (Lipinski definition) is 0. The van der Waals surface area contributed by atoms with Gasteiger partial charge in [-0.05, 0) is 26.7 Å². The molecule has 7 heteroatoms. The predicted octanol–water partition coefficient (Wildman–Crippen LogP) is 0.847. The van der Waals surface area contributed by atoms with Crippen LogP contribution in [0.3, 0.4) is 0 Å². The molecule has 0 radical (unpaired) electrons. The summed E-state index contributed by atoms with van der Waals surface area (Å²) in [5.74, 6) is 1.86. The third kappa shape index (κ3) is 2.60. The Hall–Kier alpha value is -1.24. The molecule has 0 aliphatic carbocycles. The zero-order valence-electron chi connectivity index (χ0n) is 10.6. The fourth-order valence-electron chi connectivity index (χ4n) is 2.18. The second-order valence-electron chi connectivity index (χ2n) is 4.24. The predicted molar refractivity (Wildman–Crippen MR) is 66.9 cm³/mol. The number of carbonyl (C=O) groups is 1. The number of esters is 1. The lowest BCUT2D eigenvalue weighted by molar-refractivity contribution is 0.0502. The van der Waals surface area contributed by atoms with Crippen LogP contribution in [0.15, 0.2) is 0 Å². The number of aryl methyl sites for hydroxylation is 1. The van der Waals surface area contributed by atoms with E-state index in [2.05, 4.69) is 10.2 Å². The number of carbonyl (C=O) groups excluding carboxylic acids is 1. The van der Waals surface area contributed by atoms with Gasteiger partial charge in [-0.25, -0.2) is 4.79 Å². The van der Waals surface area contributed by atoms with E-state index < -0.39 is 16.8 Å². The molecule has 0 unspecified atom stereocenters. The van der Waals surface area contributed by atoms with Gasteiger partial charge in [-0.3, -0.25) is 4.21 Å². The topological polar surface area (TPSA) is 74.1 Å². The van der Waals surface area contributed by atoms with Crippen LogP contribution in [-0.2, 0) is 15.5 Å². The molecule has 1 aliphatic heterocycles. The lowest BCUT2D eigenvalue weighted by Gasteiger charge is -2.24.